The van der Waals surface area contributed by atoms with Crippen molar-refractivity contribution in [2.45, 2.75) is 18.8 Å². The number of hydrogen-bond acceptors (Lipinski definition) is 2. The van der Waals surface area contributed by atoms with Crippen molar-refractivity contribution in [3.63, 3.8) is 0 Å². The molecular formula is C19H20FNO2. The summed E-state index contributed by atoms with van der Waals surface area (Å²) in [5.74, 6) is 0.976. The Morgan fingerprint density at radius 2 is 2.13 bits per heavy atom. The SMILES string of the molecule is C=CCN(CCc1ccco1)C(=O)C1CC1c1ccc(F)cc1. The van der Waals surface area contributed by atoms with Gasteiger partial charge in [0.1, 0.15) is 11.6 Å². The lowest BCUT2D eigenvalue weighted by molar-refractivity contribution is -0.132. The fraction of sp³-hybridized carbons (Fsp3) is 0.316. The van der Waals surface area contributed by atoms with Gasteiger partial charge >= 0.3 is 0 Å². The third kappa shape index (κ3) is 3.70. The van der Waals surface area contributed by atoms with Gasteiger partial charge in [-0.25, -0.2) is 4.39 Å². The zero-order valence-electron chi connectivity index (χ0n) is 13.0. The van der Waals surface area contributed by atoms with Crippen molar-refractivity contribution in [1.29, 1.82) is 0 Å². The van der Waals surface area contributed by atoms with Crippen molar-refractivity contribution in [1.82, 2.24) is 4.90 Å². The average Bonchev–Trinajstić information content (AvgIpc) is 3.18. The van der Waals surface area contributed by atoms with Crippen LogP contribution < -0.4 is 0 Å². The van der Waals surface area contributed by atoms with Crippen LogP contribution in [0.5, 0.6) is 0 Å². The van der Waals surface area contributed by atoms with E-state index < -0.39 is 0 Å². The average molecular weight is 313 g/mol. The Morgan fingerprint density at radius 3 is 2.78 bits per heavy atom. The van der Waals surface area contributed by atoms with Gasteiger partial charge in [0.25, 0.3) is 0 Å². The normalized spacial score (nSPS) is 19.3. The molecule has 1 fully saturated rings. The number of benzene rings is 1. The molecule has 1 aromatic carbocycles. The van der Waals surface area contributed by atoms with E-state index in [9.17, 15) is 9.18 Å². The maximum absolute atomic E-state index is 13.0. The van der Waals surface area contributed by atoms with Crippen LogP contribution in [0.2, 0.25) is 0 Å². The summed E-state index contributed by atoms with van der Waals surface area (Å²) in [6.45, 7) is 4.89. The summed E-state index contributed by atoms with van der Waals surface area (Å²) < 4.78 is 18.3. The molecule has 3 nitrogen and oxygen atoms in total. The molecule has 120 valence electrons. The Morgan fingerprint density at radius 1 is 1.35 bits per heavy atom. The Kier molecular flexibility index (Phi) is 4.60. The highest BCUT2D eigenvalue weighted by Crippen LogP contribution is 2.48. The molecule has 4 heteroatoms. The van der Waals surface area contributed by atoms with Gasteiger partial charge in [-0.15, -0.1) is 6.58 Å². The zero-order valence-corrected chi connectivity index (χ0v) is 13.0. The van der Waals surface area contributed by atoms with Gasteiger partial charge in [-0.2, -0.15) is 0 Å². The first-order valence-corrected chi connectivity index (χ1v) is 7.86. The Balaban J connectivity index is 1.60. The van der Waals surface area contributed by atoms with Crippen LogP contribution >= 0.6 is 0 Å². The Hall–Kier alpha value is -2.36. The number of carbonyl (C=O) groups excluding carboxylic acids is 1. The van der Waals surface area contributed by atoms with Crippen molar-refractivity contribution in [3.05, 3.63) is 72.5 Å². The van der Waals surface area contributed by atoms with Crippen LogP contribution in [-0.2, 0) is 11.2 Å². The van der Waals surface area contributed by atoms with Gasteiger partial charge in [-0.3, -0.25) is 4.79 Å². The minimum atomic E-state index is -0.246. The molecule has 0 bridgehead atoms. The van der Waals surface area contributed by atoms with E-state index in [2.05, 4.69) is 6.58 Å². The van der Waals surface area contributed by atoms with E-state index in [1.54, 1.807) is 24.5 Å². The standard InChI is InChI=1S/C19H20FNO2/c1-2-10-21(11-9-16-4-3-12-23-16)19(22)18-13-17(18)14-5-7-15(20)8-6-14/h2-8,12,17-18H,1,9-11,13H2. The van der Waals surface area contributed by atoms with E-state index in [1.165, 1.54) is 12.1 Å². The minimum Gasteiger partial charge on any atom is -0.469 e. The number of amides is 1. The Bertz CT molecular complexity index is 663. The van der Waals surface area contributed by atoms with Crippen LogP contribution in [0.25, 0.3) is 0 Å². The predicted molar refractivity (Wildman–Crippen MR) is 86.4 cm³/mol. The Labute approximate surface area is 135 Å². The van der Waals surface area contributed by atoms with Crippen molar-refractivity contribution >= 4 is 5.91 Å². The van der Waals surface area contributed by atoms with Gasteiger partial charge < -0.3 is 9.32 Å². The number of furan rings is 1. The predicted octanol–water partition coefficient (Wildman–Crippen LogP) is 3.78. The topological polar surface area (TPSA) is 33.5 Å². The van der Waals surface area contributed by atoms with E-state index in [0.29, 0.717) is 19.5 Å². The summed E-state index contributed by atoms with van der Waals surface area (Å²) in [5, 5.41) is 0. The number of halogens is 1. The quantitative estimate of drug-likeness (QED) is 0.729. The van der Waals surface area contributed by atoms with Gasteiger partial charge in [-0.05, 0) is 42.2 Å². The number of rotatable bonds is 7. The third-order valence-corrected chi connectivity index (χ3v) is 4.28. The number of nitrogens with zero attached hydrogens (tertiary/aromatic N) is 1. The second-order valence-corrected chi connectivity index (χ2v) is 5.90. The van der Waals surface area contributed by atoms with Gasteiger partial charge in [0.05, 0.1) is 6.26 Å². The molecule has 0 spiro atoms. The first-order chi connectivity index (χ1) is 11.2. The summed E-state index contributed by atoms with van der Waals surface area (Å²) in [7, 11) is 0. The molecule has 2 aromatic rings. The molecule has 3 rings (SSSR count). The molecule has 1 aromatic heterocycles. The van der Waals surface area contributed by atoms with E-state index in [-0.39, 0.29) is 23.6 Å². The molecule has 0 saturated heterocycles. The van der Waals surface area contributed by atoms with Gasteiger partial charge in [0.15, 0.2) is 0 Å². The first-order valence-electron chi connectivity index (χ1n) is 7.86. The highest BCUT2D eigenvalue weighted by atomic mass is 19.1. The molecule has 1 aliphatic rings. The molecule has 0 radical (unpaired) electrons. The van der Waals surface area contributed by atoms with Gasteiger partial charge in [-0.1, -0.05) is 18.2 Å². The molecular weight excluding hydrogens is 293 g/mol. The van der Waals surface area contributed by atoms with Gasteiger partial charge in [0.2, 0.25) is 5.91 Å². The molecule has 1 saturated carbocycles. The van der Waals surface area contributed by atoms with E-state index >= 15 is 0 Å². The molecule has 2 atom stereocenters. The molecule has 1 heterocycles. The molecule has 23 heavy (non-hydrogen) atoms. The molecule has 2 unspecified atom stereocenters. The monoisotopic (exact) mass is 313 g/mol. The van der Waals surface area contributed by atoms with Crippen molar-refractivity contribution in [2.75, 3.05) is 13.1 Å². The van der Waals surface area contributed by atoms with Crippen LogP contribution in [0.1, 0.15) is 23.7 Å². The largest absolute Gasteiger partial charge is 0.469 e. The van der Waals surface area contributed by atoms with Crippen LogP contribution in [-0.4, -0.2) is 23.9 Å². The molecule has 1 aliphatic carbocycles. The minimum absolute atomic E-state index is 0.00277. The molecule has 0 aliphatic heterocycles. The maximum atomic E-state index is 13.0. The van der Waals surface area contributed by atoms with E-state index in [1.807, 2.05) is 17.0 Å². The summed E-state index contributed by atoms with van der Waals surface area (Å²) in [6, 6.07) is 10.2. The third-order valence-electron chi connectivity index (χ3n) is 4.28. The lowest BCUT2D eigenvalue weighted by atomic mass is 10.1. The fourth-order valence-electron chi connectivity index (χ4n) is 2.93. The maximum Gasteiger partial charge on any atom is 0.226 e. The van der Waals surface area contributed by atoms with Crippen LogP contribution in [0.15, 0.2) is 59.7 Å². The van der Waals surface area contributed by atoms with Gasteiger partial charge in [0, 0.05) is 25.4 Å². The summed E-state index contributed by atoms with van der Waals surface area (Å²) in [4.78, 5) is 14.5. The first kappa shape index (κ1) is 15.5. The second-order valence-electron chi connectivity index (χ2n) is 5.90. The lowest BCUT2D eigenvalue weighted by Crippen LogP contribution is -2.34. The van der Waals surface area contributed by atoms with E-state index in [0.717, 1.165) is 17.7 Å². The lowest BCUT2D eigenvalue weighted by Gasteiger charge is -2.21. The van der Waals surface area contributed by atoms with Crippen LogP contribution in [0, 0.1) is 11.7 Å². The van der Waals surface area contributed by atoms with Crippen molar-refractivity contribution in [3.8, 4) is 0 Å². The van der Waals surface area contributed by atoms with Crippen LogP contribution in [0.3, 0.4) is 0 Å². The highest BCUT2D eigenvalue weighted by molar-refractivity contribution is 5.83. The smallest absolute Gasteiger partial charge is 0.226 e. The summed E-state index contributed by atoms with van der Waals surface area (Å²) in [6.07, 6.45) is 4.91. The number of hydrogen-bond donors (Lipinski definition) is 0. The number of carbonyl (C=O) groups is 1. The van der Waals surface area contributed by atoms with E-state index in [4.69, 9.17) is 4.42 Å². The van der Waals surface area contributed by atoms with Crippen molar-refractivity contribution in [2.24, 2.45) is 5.92 Å². The van der Waals surface area contributed by atoms with Crippen molar-refractivity contribution < 1.29 is 13.6 Å². The van der Waals surface area contributed by atoms with Crippen LogP contribution in [0.4, 0.5) is 4.39 Å². The molecule has 0 N–H and O–H groups in total. The summed E-state index contributed by atoms with van der Waals surface area (Å²) >= 11 is 0. The second kappa shape index (κ2) is 6.82. The summed E-state index contributed by atoms with van der Waals surface area (Å²) in [5.41, 5.74) is 1.04. The highest BCUT2D eigenvalue weighted by Gasteiger charge is 2.45. The molecule has 1 amide bonds. The fourth-order valence-corrected chi connectivity index (χ4v) is 2.93. The zero-order chi connectivity index (χ0) is 16.2.